The fraction of sp³-hybridized carbons (Fsp3) is 0.286. The average Bonchev–Trinajstić information content (AvgIpc) is 2.80. The van der Waals surface area contributed by atoms with Gasteiger partial charge >= 0.3 is 0 Å². The first-order valence-electron chi connectivity index (χ1n) is 6.26. The summed E-state index contributed by atoms with van der Waals surface area (Å²) >= 11 is 12.8. The molecule has 0 N–H and O–H groups in total. The van der Waals surface area contributed by atoms with Crippen LogP contribution in [0.3, 0.4) is 0 Å². The monoisotopic (exact) mass is 433 g/mol. The second kappa shape index (κ2) is 7.05. The zero-order chi connectivity index (χ0) is 15.6. The molecule has 1 heterocycles. The van der Waals surface area contributed by atoms with Gasteiger partial charge in [-0.1, -0.05) is 11.6 Å². The summed E-state index contributed by atoms with van der Waals surface area (Å²) in [4.78, 5) is 14.7. The number of halogens is 3. The molecular formula is C14H14Br2ClN3O. The second-order valence-electron chi connectivity index (χ2n) is 4.83. The minimum atomic E-state index is -0.104. The highest BCUT2D eigenvalue weighted by atomic mass is 79.9. The molecule has 112 valence electrons. The third-order valence-electron chi connectivity index (χ3n) is 2.95. The number of benzene rings is 1. The number of rotatable bonds is 5. The van der Waals surface area contributed by atoms with Crippen LogP contribution in [0.4, 0.5) is 0 Å². The SMILES string of the molecule is CN(C)CCn1ncc(Br)c1C(=O)c1ccc(Br)c(Cl)c1. The zero-order valence-electron chi connectivity index (χ0n) is 11.6. The van der Waals surface area contributed by atoms with Gasteiger partial charge in [-0.25, -0.2) is 0 Å². The van der Waals surface area contributed by atoms with Crippen molar-refractivity contribution in [3.63, 3.8) is 0 Å². The minimum Gasteiger partial charge on any atom is -0.308 e. The second-order valence-corrected chi connectivity index (χ2v) is 6.94. The van der Waals surface area contributed by atoms with Gasteiger partial charge in [-0.15, -0.1) is 0 Å². The fourth-order valence-electron chi connectivity index (χ4n) is 1.83. The van der Waals surface area contributed by atoms with E-state index in [0.29, 0.717) is 27.3 Å². The van der Waals surface area contributed by atoms with E-state index >= 15 is 0 Å². The third-order valence-corrected chi connectivity index (χ3v) is 4.76. The van der Waals surface area contributed by atoms with Crippen LogP contribution in [-0.2, 0) is 6.54 Å². The van der Waals surface area contributed by atoms with E-state index in [4.69, 9.17) is 11.6 Å². The van der Waals surface area contributed by atoms with E-state index in [1.165, 1.54) is 0 Å². The van der Waals surface area contributed by atoms with Gasteiger partial charge in [0.25, 0.3) is 0 Å². The number of ketones is 1. The number of nitrogens with zero attached hydrogens (tertiary/aromatic N) is 3. The van der Waals surface area contributed by atoms with Crippen LogP contribution >= 0.6 is 43.5 Å². The van der Waals surface area contributed by atoms with E-state index in [-0.39, 0.29) is 5.78 Å². The molecule has 21 heavy (non-hydrogen) atoms. The number of carbonyl (C=O) groups is 1. The van der Waals surface area contributed by atoms with Crippen molar-refractivity contribution < 1.29 is 4.79 Å². The van der Waals surface area contributed by atoms with Gasteiger partial charge in [0.1, 0.15) is 5.69 Å². The predicted octanol–water partition coefficient (Wildman–Crippen LogP) is 3.85. The van der Waals surface area contributed by atoms with E-state index in [1.807, 2.05) is 19.0 Å². The largest absolute Gasteiger partial charge is 0.308 e. The van der Waals surface area contributed by atoms with E-state index in [2.05, 4.69) is 37.0 Å². The molecule has 0 atom stereocenters. The maximum atomic E-state index is 12.7. The van der Waals surface area contributed by atoms with Gasteiger partial charge < -0.3 is 4.90 Å². The Hall–Kier alpha value is -0.690. The molecule has 0 bridgehead atoms. The van der Waals surface area contributed by atoms with Crippen LogP contribution in [0.15, 0.2) is 33.3 Å². The fourth-order valence-corrected chi connectivity index (χ4v) is 2.73. The Morgan fingerprint density at radius 3 is 2.67 bits per heavy atom. The summed E-state index contributed by atoms with van der Waals surface area (Å²) < 4.78 is 3.16. The summed E-state index contributed by atoms with van der Waals surface area (Å²) in [7, 11) is 3.96. The van der Waals surface area contributed by atoms with Gasteiger partial charge in [0.05, 0.1) is 22.2 Å². The van der Waals surface area contributed by atoms with Crippen molar-refractivity contribution in [2.24, 2.45) is 0 Å². The number of likely N-dealkylation sites (N-methyl/N-ethyl adjacent to an activating group) is 1. The summed E-state index contributed by atoms with van der Waals surface area (Å²) in [6, 6.07) is 5.17. The van der Waals surface area contributed by atoms with Crippen molar-refractivity contribution >= 4 is 49.2 Å². The highest BCUT2D eigenvalue weighted by Gasteiger charge is 2.19. The molecule has 2 aromatic rings. The summed E-state index contributed by atoms with van der Waals surface area (Å²) in [6.45, 7) is 1.44. The summed E-state index contributed by atoms with van der Waals surface area (Å²) in [5, 5.41) is 4.76. The topological polar surface area (TPSA) is 38.1 Å². The molecule has 7 heteroatoms. The molecule has 0 aliphatic rings. The molecule has 0 saturated carbocycles. The molecule has 4 nitrogen and oxygen atoms in total. The molecule has 1 aromatic heterocycles. The van der Waals surface area contributed by atoms with Gasteiger partial charge in [-0.05, 0) is 64.2 Å². The number of carbonyl (C=O) groups excluding carboxylic acids is 1. The normalized spacial score (nSPS) is 11.1. The highest BCUT2D eigenvalue weighted by molar-refractivity contribution is 9.10. The molecule has 0 saturated heterocycles. The minimum absolute atomic E-state index is 0.104. The van der Waals surface area contributed by atoms with Crippen LogP contribution in [0.5, 0.6) is 0 Å². The molecule has 0 spiro atoms. The first-order valence-corrected chi connectivity index (χ1v) is 8.22. The Bertz CT molecular complexity index is 670. The van der Waals surface area contributed by atoms with Crippen molar-refractivity contribution in [3.8, 4) is 0 Å². The Labute approximate surface area is 145 Å². The first kappa shape index (κ1) is 16.7. The maximum absolute atomic E-state index is 12.7. The molecule has 0 aliphatic heterocycles. The van der Waals surface area contributed by atoms with Crippen molar-refractivity contribution in [1.82, 2.24) is 14.7 Å². The highest BCUT2D eigenvalue weighted by Crippen LogP contribution is 2.26. The zero-order valence-corrected chi connectivity index (χ0v) is 15.5. The number of aromatic nitrogens is 2. The summed E-state index contributed by atoms with van der Waals surface area (Å²) in [5.41, 5.74) is 1.07. The number of hydrogen-bond acceptors (Lipinski definition) is 3. The van der Waals surface area contributed by atoms with Crippen LogP contribution in [-0.4, -0.2) is 41.1 Å². The van der Waals surface area contributed by atoms with Crippen LogP contribution in [0.1, 0.15) is 16.1 Å². The van der Waals surface area contributed by atoms with Crippen LogP contribution < -0.4 is 0 Å². The lowest BCUT2D eigenvalue weighted by Gasteiger charge is -2.12. The Balaban J connectivity index is 2.34. The van der Waals surface area contributed by atoms with Crippen molar-refractivity contribution in [3.05, 3.63) is 49.6 Å². The van der Waals surface area contributed by atoms with Crippen LogP contribution in [0.25, 0.3) is 0 Å². The van der Waals surface area contributed by atoms with Crippen molar-refractivity contribution in [2.45, 2.75) is 6.54 Å². The van der Waals surface area contributed by atoms with Crippen LogP contribution in [0, 0.1) is 0 Å². The molecule has 0 fully saturated rings. The van der Waals surface area contributed by atoms with Gasteiger partial charge in [0.15, 0.2) is 0 Å². The Morgan fingerprint density at radius 1 is 1.33 bits per heavy atom. The van der Waals surface area contributed by atoms with E-state index in [0.717, 1.165) is 11.0 Å². The van der Waals surface area contributed by atoms with E-state index in [1.54, 1.807) is 29.1 Å². The van der Waals surface area contributed by atoms with Crippen LogP contribution in [0.2, 0.25) is 5.02 Å². The molecule has 0 unspecified atom stereocenters. The Morgan fingerprint density at radius 2 is 2.05 bits per heavy atom. The molecule has 0 amide bonds. The lowest BCUT2D eigenvalue weighted by Crippen LogP contribution is -2.21. The lowest BCUT2D eigenvalue weighted by atomic mass is 10.1. The van der Waals surface area contributed by atoms with Gasteiger partial charge in [-0.2, -0.15) is 5.10 Å². The first-order chi connectivity index (χ1) is 9.90. The molecule has 0 radical (unpaired) electrons. The predicted molar refractivity (Wildman–Crippen MR) is 91.1 cm³/mol. The van der Waals surface area contributed by atoms with E-state index in [9.17, 15) is 4.79 Å². The molecule has 1 aromatic carbocycles. The van der Waals surface area contributed by atoms with Gasteiger partial charge in [0.2, 0.25) is 5.78 Å². The Kier molecular flexibility index (Phi) is 5.60. The third kappa shape index (κ3) is 3.94. The maximum Gasteiger partial charge on any atom is 0.212 e. The number of hydrogen-bond donors (Lipinski definition) is 0. The summed E-state index contributed by atoms with van der Waals surface area (Å²) in [6.07, 6.45) is 1.64. The smallest absolute Gasteiger partial charge is 0.212 e. The van der Waals surface area contributed by atoms with Crippen molar-refractivity contribution in [2.75, 3.05) is 20.6 Å². The molecule has 0 aliphatic carbocycles. The average molecular weight is 436 g/mol. The molecule has 2 rings (SSSR count). The standard InChI is InChI=1S/C14H14Br2ClN3O/c1-19(2)5-6-20-13(11(16)8-18-20)14(21)9-3-4-10(15)12(17)7-9/h3-4,7-8H,5-6H2,1-2H3. The quantitative estimate of drug-likeness (QED) is 0.670. The molecular weight excluding hydrogens is 421 g/mol. The lowest BCUT2D eigenvalue weighted by molar-refractivity contribution is 0.102. The van der Waals surface area contributed by atoms with Crippen molar-refractivity contribution in [1.29, 1.82) is 0 Å². The van der Waals surface area contributed by atoms with Gasteiger partial charge in [0, 0.05) is 16.6 Å². The van der Waals surface area contributed by atoms with E-state index < -0.39 is 0 Å². The summed E-state index contributed by atoms with van der Waals surface area (Å²) in [5.74, 6) is -0.104. The van der Waals surface area contributed by atoms with Gasteiger partial charge in [-0.3, -0.25) is 9.48 Å².